The number of rotatable bonds is 5. The van der Waals surface area contributed by atoms with Gasteiger partial charge in [-0.05, 0) is 23.8 Å². The van der Waals surface area contributed by atoms with Crippen LogP contribution in [0.2, 0.25) is 5.02 Å². The molecule has 0 radical (unpaired) electrons. The van der Waals surface area contributed by atoms with Gasteiger partial charge in [0.1, 0.15) is 6.61 Å². The second kappa shape index (κ2) is 7.56. The molecule has 2 aromatic carbocycles. The number of non-ortho nitro benzene ring substituents is 1. The molecule has 0 fully saturated rings. The molecule has 2 aromatic rings. The van der Waals surface area contributed by atoms with Crippen LogP contribution in [0, 0.1) is 10.1 Å². The molecule has 0 aliphatic heterocycles. The normalized spacial score (nSPS) is 10.1. The van der Waals surface area contributed by atoms with Crippen LogP contribution in [0.5, 0.6) is 0 Å². The third-order valence-electron chi connectivity index (χ3n) is 3.04. The number of benzene rings is 2. The largest absolute Gasteiger partial charge is 0.465 e. The second-order valence-corrected chi connectivity index (χ2v) is 5.16. The molecule has 2 rings (SSSR count). The topological polar surface area (TPSA) is 95.7 Å². The summed E-state index contributed by atoms with van der Waals surface area (Å²) in [6.45, 7) is -0.0599. The lowest BCUT2D eigenvalue weighted by Crippen LogP contribution is -2.09. The molecule has 124 valence electrons. The van der Waals surface area contributed by atoms with Crippen molar-refractivity contribution in [1.82, 2.24) is 0 Å². The summed E-state index contributed by atoms with van der Waals surface area (Å²) in [7, 11) is 1.14. The van der Waals surface area contributed by atoms with Gasteiger partial charge in [-0.2, -0.15) is 0 Å². The van der Waals surface area contributed by atoms with E-state index in [1.165, 1.54) is 6.07 Å². The molecule has 0 saturated heterocycles. The summed E-state index contributed by atoms with van der Waals surface area (Å²) >= 11 is 5.84. The summed E-state index contributed by atoms with van der Waals surface area (Å²) in [6, 6.07) is 9.96. The Morgan fingerprint density at radius 1 is 1.12 bits per heavy atom. The molecule has 0 unspecified atom stereocenters. The smallest absolute Gasteiger partial charge is 0.338 e. The van der Waals surface area contributed by atoms with E-state index < -0.39 is 22.5 Å². The van der Waals surface area contributed by atoms with Crippen molar-refractivity contribution in [2.24, 2.45) is 0 Å². The zero-order valence-electron chi connectivity index (χ0n) is 12.5. The first-order valence-corrected chi connectivity index (χ1v) is 7.08. The van der Waals surface area contributed by atoms with Gasteiger partial charge in [0.25, 0.3) is 5.69 Å². The number of methoxy groups -OCH3 is 1. The highest BCUT2D eigenvalue weighted by Gasteiger charge is 2.19. The Hall–Kier alpha value is -2.93. The van der Waals surface area contributed by atoms with Crippen LogP contribution in [0.25, 0.3) is 0 Å². The fourth-order valence-corrected chi connectivity index (χ4v) is 2.14. The maximum absolute atomic E-state index is 12.1. The molecular weight excluding hydrogens is 338 g/mol. The number of nitro benzene ring substituents is 1. The lowest BCUT2D eigenvalue weighted by molar-refractivity contribution is -0.384. The van der Waals surface area contributed by atoms with Crippen LogP contribution in [-0.2, 0) is 16.1 Å². The van der Waals surface area contributed by atoms with E-state index in [1.807, 2.05) is 0 Å². The summed E-state index contributed by atoms with van der Waals surface area (Å²) < 4.78 is 9.62. The van der Waals surface area contributed by atoms with Crippen LogP contribution in [0.15, 0.2) is 42.5 Å². The van der Waals surface area contributed by atoms with Crippen molar-refractivity contribution in [2.45, 2.75) is 6.61 Å². The zero-order chi connectivity index (χ0) is 17.7. The Morgan fingerprint density at radius 2 is 1.79 bits per heavy atom. The maximum Gasteiger partial charge on any atom is 0.338 e. The van der Waals surface area contributed by atoms with Gasteiger partial charge in [0.2, 0.25) is 0 Å². The van der Waals surface area contributed by atoms with Gasteiger partial charge in [-0.15, -0.1) is 0 Å². The Morgan fingerprint density at radius 3 is 2.38 bits per heavy atom. The van der Waals surface area contributed by atoms with Crippen LogP contribution in [0.4, 0.5) is 5.69 Å². The molecule has 0 atom stereocenters. The number of carbonyl (C=O) groups is 2. The lowest BCUT2D eigenvalue weighted by Gasteiger charge is -2.07. The minimum Gasteiger partial charge on any atom is -0.465 e. The summed E-state index contributed by atoms with van der Waals surface area (Å²) in [4.78, 5) is 33.9. The molecule has 0 spiro atoms. The number of carbonyl (C=O) groups excluding carboxylic acids is 2. The van der Waals surface area contributed by atoms with E-state index in [0.29, 0.717) is 10.6 Å². The van der Waals surface area contributed by atoms with Crippen molar-refractivity contribution in [2.75, 3.05) is 7.11 Å². The molecule has 0 amide bonds. The predicted molar refractivity (Wildman–Crippen MR) is 85.0 cm³/mol. The first-order valence-electron chi connectivity index (χ1n) is 6.70. The number of nitrogens with zero attached hydrogens (tertiary/aromatic N) is 1. The van der Waals surface area contributed by atoms with Gasteiger partial charge in [-0.1, -0.05) is 23.7 Å². The molecular formula is C16H12ClNO6. The van der Waals surface area contributed by atoms with Crippen LogP contribution < -0.4 is 0 Å². The van der Waals surface area contributed by atoms with E-state index in [1.54, 1.807) is 24.3 Å². The average Bonchev–Trinajstić information content (AvgIpc) is 2.58. The summed E-state index contributed by atoms with van der Waals surface area (Å²) in [5, 5.41) is 11.4. The Kier molecular flexibility index (Phi) is 5.49. The zero-order valence-corrected chi connectivity index (χ0v) is 13.3. The molecule has 0 heterocycles. The molecule has 24 heavy (non-hydrogen) atoms. The Labute approximate surface area is 141 Å². The van der Waals surface area contributed by atoms with Crippen LogP contribution in [0.3, 0.4) is 0 Å². The molecule has 0 aliphatic carbocycles. The van der Waals surface area contributed by atoms with Crippen molar-refractivity contribution in [3.05, 3.63) is 74.3 Å². The highest BCUT2D eigenvalue weighted by molar-refractivity contribution is 6.30. The lowest BCUT2D eigenvalue weighted by atomic mass is 10.1. The van der Waals surface area contributed by atoms with Gasteiger partial charge in [-0.3, -0.25) is 10.1 Å². The van der Waals surface area contributed by atoms with Gasteiger partial charge >= 0.3 is 11.9 Å². The standard InChI is InChI=1S/C16H12ClNO6/c1-23-15(19)11-6-12(8-14(7-11)18(21)22)16(20)24-9-10-3-2-4-13(17)5-10/h2-8H,9H2,1H3. The molecule has 0 aromatic heterocycles. The minimum absolute atomic E-state index is 0.0599. The number of hydrogen-bond acceptors (Lipinski definition) is 6. The van der Waals surface area contributed by atoms with Gasteiger partial charge in [-0.25, -0.2) is 9.59 Å². The summed E-state index contributed by atoms with van der Waals surface area (Å²) in [5.74, 6) is -1.59. The van der Waals surface area contributed by atoms with Gasteiger partial charge < -0.3 is 9.47 Å². The van der Waals surface area contributed by atoms with Crippen LogP contribution >= 0.6 is 11.6 Å². The van der Waals surface area contributed by atoms with Crippen LogP contribution in [0.1, 0.15) is 26.3 Å². The Balaban J connectivity index is 2.23. The highest BCUT2D eigenvalue weighted by Crippen LogP contribution is 2.19. The van der Waals surface area contributed by atoms with Gasteiger partial charge in [0, 0.05) is 17.2 Å². The molecule has 0 N–H and O–H groups in total. The second-order valence-electron chi connectivity index (χ2n) is 4.72. The first-order chi connectivity index (χ1) is 11.4. The molecule has 0 aliphatic rings. The van der Waals surface area contributed by atoms with E-state index in [2.05, 4.69) is 4.74 Å². The number of esters is 2. The van der Waals surface area contributed by atoms with E-state index in [4.69, 9.17) is 16.3 Å². The Bertz CT molecular complexity index is 805. The maximum atomic E-state index is 12.1. The van der Waals surface area contributed by atoms with Crippen LogP contribution in [-0.4, -0.2) is 24.0 Å². The first kappa shape index (κ1) is 17.4. The quantitative estimate of drug-likeness (QED) is 0.466. The molecule has 7 nitrogen and oxygen atoms in total. The predicted octanol–water partition coefficient (Wildman–Crippen LogP) is 3.39. The van der Waals surface area contributed by atoms with Gasteiger partial charge in [0.05, 0.1) is 23.2 Å². The van der Waals surface area contributed by atoms with Gasteiger partial charge in [0.15, 0.2) is 0 Å². The third-order valence-corrected chi connectivity index (χ3v) is 3.28. The fourth-order valence-electron chi connectivity index (χ4n) is 1.93. The SMILES string of the molecule is COC(=O)c1cc(C(=O)OCc2cccc(Cl)c2)cc([N+](=O)[O-])c1. The van der Waals surface area contributed by atoms with E-state index in [-0.39, 0.29) is 17.7 Å². The van der Waals surface area contributed by atoms with Crippen molar-refractivity contribution in [1.29, 1.82) is 0 Å². The third kappa shape index (κ3) is 4.30. The fraction of sp³-hybridized carbons (Fsp3) is 0.125. The van der Waals surface area contributed by atoms with Crippen molar-refractivity contribution in [3.63, 3.8) is 0 Å². The number of ether oxygens (including phenoxy) is 2. The monoisotopic (exact) mass is 349 g/mol. The van der Waals surface area contributed by atoms with E-state index >= 15 is 0 Å². The van der Waals surface area contributed by atoms with E-state index in [9.17, 15) is 19.7 Å². The van der Waals surface area contributed by atoms with Crippen molar-refractivity contribution >= 4 is 29.2 Å². The summed E-state index contributed by atoms with van der Waals surface area (Å²) in [5.41, 5.74) is 0.0233. The van der Waals surface area contributed by atoms with Crippen molar-refractivity contribution in [3.8, 4) is 0 Å². The number of hydrogen-bond donors (Lipinski definition) is 0. The number of halogens is 1. The van der Waals surface area contributed by atoms with Crippen molar-refractivity contribution < 1.29 is 24.0 Å². The molecule has 0 bridgehead atoms. The molecule has 8 heteroatoms. The minimum atomic E-state index is -0.802. The molecule has 0 saturated carbocycles. The number of nitro groups is 1. The van der Waals surface area contributed by atoms with E-state index in [0.717, 1.165) is 19.2 Å². The summed E-state index contributed by atoms with van der Waals surface area (Å²) in [6.07, 6.45) is 0. The average molecular weight is 350 g/mol. The highest BCUT2D eigenvalue weighted by atomic mass is 35.5.